The molecule has 0 aromatic carbocycles. The molecule has 0 saturated carbocycles. The maximum Gasteiger partial charge on any atom is 0.163 e. The van der Waals surface area contributed by atoms with E-state index in [0.717, 1.165) is 0 Å². The average molecular weight is 278 g/mol. The number of rotatable bonds is 2. The molecule has 2 rings (SSSR count). The molecule has 0 amide bonds. The van der Waals surface area contributed by atoms with E-state index in [2.05, 4.69) is 0 Å². The third-order valence-corrected chi connectivity index (χ3v) is 4.24. The second-order valence-electron chi connectivity index (χ2n) is 6.32. The van der Waals surface area contributed by atoms with Crippen LogP contribution in [0.4, 0.5) is 0 Å². The molecule has 20 heavy (non-hydrogen) atoms. The van der Waals surface area contributed by atoms with Crippen LogP contribution in [0.15, 0.2) is 22.7 Å². The van der Waals surface area contributed by atoms with Gasteiger partial charge in [-0.1, -0.05) is 20.8 Å². The van der Waals surface area contributed by atoms with Crippen molar-refractivity contribution in [3.05, 3.63) is 22.7 Å². The zero-order valence-corrected chi connectivity index (χ0v) is 12.3. The van der Waals surface area contributed by atoms with Crippen molar-refractivity contribution in [2.45, 2.75) is 46.5 Å². The number of hydrogen-bond acceptors (Lipinski definition) is 4. The number of aliphatic hydroxyl groups is 2. The van der Waals surface area contributed by atoms with E-state index in [1.807, 2.05) is 13.8 Å². The zero-order chi connectivity index (χ0) is 15.0. The van der Waals surface area contributed by atoms with Crippen LogP contribution in [0.2, 0.25) is 0 Å². The Morgan fingerprint density at radius 1 is 0.850 bits per heavy atom. The molecule has 2 atom stereocenters. The van der Waals surface area contributed by atoms with E-state index in [9.17, 15) is 19.8 Å². The fraction of sp³-hybridized carbons (Fsp3) is 0.625. The van der Waals surface area contributed by atoms with Crippen molar-refractivity contribution >= 4 is 11.6 Å². The third kappa shape index (κ3) is 2.65. The number of aliphatic hydroxyl groups excluding tert-OH is 2. The molecular formula is C16H22O4. The average Bonchev–Trinajstić information content (AvgIpc) is 2.25. The predicted molar refractivity (Wildman–Crippen MR) is 75.3 cm³/mol. The number of hydrogen-bond donors (Lipinski definition) is 2. The molecule has 0 heterocycles. The van der Waals surface area contributed by atoms with Crippen LogP contribution in [0.3, 0.4) is 0 Å². The van der Waals surface area contributed by atoms with Gasteiger partial charge in [-0.3, -0.25) is 9.59 Å². The molecule has 0 radical (unpaired) electrons. The van der Waals surface area contributed by atoms with Crippen LogP contribution in [-0.4, -0.2) is 21.8 Å². The van der Waals surface area contributed by atoms with Crippen molar-refractivity contribution in [2.24, 2.45) is 17.8 Å². The first-order valence-electron chi connectivity index (χ1n) is 7.21. The van der Waals surface area contributed by atoms with Crippen molar-refractivity contribution in [1.29, 1.82) is 0 Å². The van der Waals surface area contributed by atoms with Gasteiger partial charge in [0, 0.05) is 42.7 Å². The van der Waals surface area contributed by atoms with E-state index in [4.69, 9.17) is 0 Å². The van der Waals surface area contributed by atoms with Gasteiger partial charge in [0.15, 0.2) is 11.6 Å². The van der Waals surface area contributed by atoms with Gasteiger partial charge in [-0.15, -0.1) is 0 Å². The first kappa shape index (κ1) is 14.8. The number of ketones is 2. The fourth-order valence-corrected chi connectivity index (χ4v) is 3.33. The summed E-state index contributed by atoms with van der Waals surface area (Å²) in [6, 6.07) is 0. The van der Waals surface area contributed by atoms with E-state index in [1.54, 1.807) is 6.92 Å². The highest BCUT2D eigenvalue weighted by molar-refractivity contribution is 6.03. The maximum absolute atomic E-state index is 12.1. The standard InChI is InChI=1S/C16H22O4/c1-8-4-11(17)15(12(18)5-8)10(3)16-13(19)6-9(2)7-14(16)20/h8-10,17,19H,4-7H2,1-3H3. The molecule has 0 aromatic heterocycles. The molecule has 2 aliphatic rings. The Balaban J connectivity index is 2.38. The molecule has 0 fully saturated rings. The summed E-state index contributed by atoms with van der Waals surface area (Å²) < 4.78 is 0. The molecule has 0 saturated heterocycles. The summed E-state index contributed by atoms with van der Waals surface area (Å²) in [7, 11) is 0. The smallest absolute Gasteiger partial charge is 0.163 e. The Bertz CT molecular complexity index is 467. The summed E-state index contributed by atoms with van der Waals surface area (Å²) in [4.78, 5) is 24.3. The van der Waals surface area contributed by atoms with Gasteiger partial charge in [0.2, 0.25) is 0 Å². The predicted octanol–water partition coefficient (Wildman–Crippen LogP) is 3.24. The van der Waals surface area contributed by atoms with Gasteiger partial charge >= 0.3 is 0 Å². The van der Waals surface area contributed by atoms with Gasteiger partial charge in [-0.05, 0) is 11.8 Å². The van der Waals surface area contributed by atoms with Gasteiger partial charge < -0.3 is 10.2 Å². The normalized spacial score (nSPS) is 29.9. The number of carbonyl (C=O) groups excluding carboxylic acids is 2. The fourth-order valence-electron chi connectivity index (χ4n) is 3.33. The summed E-state index contributed by atoms with van der Waals surface area (Å²) in [6.07, 6.45) is 1.71. The van der Waals surface area contributed by atoms with Crippen LogP contribution in [0, 0.1) is 17.8 Å². The third-order valence-electron chi connectivity index (χ3n) is 4.24. The molecule has 2 aliphatic carbocycles. The van der Waals surface area contributed by atoms with Crippen LogP contribution in [0.25, 0.3) is 0 Å². The molecule has 0 aliphatic heterocycles. The largest absolute Gasteiger partial charge is 0.512 e. The number of allylic oxidation sites excluding steroid dienone is 4. The van der Waals surface area contributed by atoms with Gasteiger partial charge in [-0.2, -0.15) is 0 Å². The van der Waals surface area contributed by atoms with Gasteiger partial charge in [0.1, 0.15) is 0 Å². The van der Waals surface area contributed by atoms with Gasteiger partial charge in [0.05, 0.1) is 11.5 Å². The Morgan fingerprint density at radius 3 is 1.50 bits per heavy atom. The van der Waals surface area contributed by atoms with Crippen LogP contribution in [0.5, 0.6) is 0 Å². The molecule has 2 unspecified atom stereocenters. The van der Waals surface area contributed by atoms with Crippen molar-refractivity contribution in [3.8, 4) is 0 Å². The topological polar surface area (TPSA) is 74.6 Å². The molecule has 110 valence electrons. The van der Waals surface area contributed by atoms with E-state index < -0.39 is 5.92 Å². The van der Waals surface area contributed by atoms with E-state index in [1.165, 1.54) is 0 Å². The maximum atomic E-state index is 12.1. The molecule has 0 bridgehead atoms. The quantitative estimate of drug-likeness (QED) is 0.813. The highest BCUT2D eigenvalue weighted by Crippen LogP contribution is 2.37. The highest BCUT2D eigenvalue weighted by atomic mass is 16.3. The van der Waals surface area contributed by atoms with Crippen molar-refractivity contribution in [2.75, 3.05) is 0 Å². The zero-order valence-electron chi connectivity index (χ0n) is 12.3. The Morgan fingerprint density at radius 2 is 1.20 bits per heavy atom. The van der Waals surface area contributed by atoms with Crippen LogP contribution >= 0.6 is 0 Å². The Labute approximate surface area is 119 Å². The lowest BCUT2D eigenvalue weighted by molar-refractivity contribution is -0.118. The van der Waals surface area contributed by atoms with E-state index >= 15 is 0 Å². The highest BCUT2D eigenvalue weighted by Gasteiger charge is 2.36. The van der Waals surface area contributed by atoms with Gasteiger partial charge in [-0.25, -0.2) is 0 Å². The van der Waals surface area contributed by atoms with Crippen molar-refractivity contribution < 1.29 is 19.8 Å². The molecule has 4 nitrogen and oxygen atoms in total. The monoisotopic (exact) mass is 278 g/mol. The lowest BCUT2D eigenvalue weighted by atomic mass is 9.75. The van der Waals surface area contributed by atoms with Gasteiger partial charge in [0.25, 0.3) is 0 Å². The summed E-state index contributed by atoms with van der Waals surface area (Å²) >= 11 is 0. The SMILES string of the molecule is CC1CC(=O)C(C(C)C2=C(O)CC(C)CC2=O)=C(O)C1. The van der Waals surface area contributed by atoms with Crippen molar-refractivity contribution in [3.63, 3.8) is 0 Å². The van der Waals surface area contributed by atoms with Crippen LogP contribution in [0.1, 0.15) is 46.5 Å². The first-order valence-corrected chi connectivity index (χ1v) is 7.21. The molecular weight excluding hydrogens is 256 g/mol. The lowest BCUT2D eigenvalue weighted by Crippen LogP contribution is -2.28. The lowest BCUT2D eigenvalue weighted by Gasteiger charge is -2.28. The Kier molecular flexibility index (Phi) is 4.02. The van der Waals surface area contributed by atoms with E-state index in [-0.39, 0.29) is 34.9 Å². The Hall–Kier alpha value is -1.58. The number of carbonyl (C=O) groups is 2. The summed E-state index contributed by atoms with van der Waals surface area (Å²) in [5.74, 6) is -0.330. The molecule has 2 N–H and O–H groups in total. The molecule has 0 spiro atoms. The van der Waals surface area contributed by atoms with Crippen LogP contribution < -0.4 is 0 Å². The second kappa shape index (κ2) is 5.43. The molecule has 0 aromatic rings. The first-order chi connectivity index (χ1) is 9.31. The molecule has 4 heteroatoms. The minimum absolute atomic E-state index is 0.0768. The minimum atomic E-state index is -0.519. The second-order valence-corrected chi connectivity index (χ2v) is 6.32. The minimum Gasteiger partial charge on any atom is -0.512 e. The van der Waals surface area contributed by atoms with Crippen molar-refractivity contribution in [1.82, 2.24) is 0 Å². The number of Topliss-reactive ketones (excluding diaryl/α,β-unsaturated/α-hetero) is 2. The van der Waals surface area contributed by atoms with Crippen LogP contribution in [-0.2, 0) is 9.59 Å². The summed E-state index contributed by atoms with van der Waals surface area (Å²) in [5.41, 5.74) is 0.625. The summed E-state index contributed by atoms with van der Waals surface area (Å²) in [5, 5.41) is 20.2. The summed E-state index contributed by atoms with van der Waals surface area (Å²) in [6.45, 7) is 5.55. The van der Waals surface area contributed by atoms with E-state index in [0.29, 0.717) is 36.8 Å².